The Morgan fingerprint density at radius 1 is 1.30 bits per heavy atom. The zero-order valence-electron chi connectivity index (χ0n) is 16.6. The van der Waals surface area contributed by atoms with E-state index in [1.165, 1.54) is 4.90 Å². The molecule has 156 valence electrons. The van der Waals surface area contributed by atoms with Crippen LogP contribution in [0.4, 0.5) is 0 Å². The highest BCUT2D eigenvalue weighted by molar-refractivity contribution is 6.06. The summed E-state index contributed by atoms with van der Waals surface area (Å²) >= 11 is 0. The highest BCUT2D eigenvalue weighted by Gasteiger charge is 2.56. The third-order valence-corrected chi connectivity index (χ3v) is 5.71. The van der Waals surface area contributed by atoms with Gasteiger partial charge in [-0.25, -0.2) is 9.78 Å². The number of nitrogens with zero attached hydrogens (tertiary/aromatic N) is 3. The number of aromatic nitrogens is 2. The number of carboxylic acids is 1. The maximum atomic E-state index is 12.3. The van der Waals surface area contributed by atoms with Crippen LogP contribution in [0.25, 0.3) is 5.57 Å². The Kier molecular flexibility index (Phi) is 4.90. The average Bonchev–Trinajstić information content (AvgIpc) is 3.27. The Bertz CT molecular complexity index is 1050. The molecule has 0 saturated carbocycles. The van der Waals surface area contributed by atoms with Gasteiger partial charge >= 0.3 is 5.97 Å². The molecule has 9 nitrogen and oxygen atoms in total. The van der Waals surface area contributed by atoms with E-state index in [4.69, 9.17) is 0 Å². The predicted octanol–water partition coefficient (Wildman–Crippen LogP) is 0.757. The first kappa shape index (κ1) is 19.8. The van der Waals surface area contributed by atoms with Crippen molar-refractivity contribution in [2.45, 2.75) is 32.0 Å². The minimum absolute atomic E-state index is 0.0160. The first-order valence-corrected chi connectivity index (χ1v) is 9.62. The van der Waals surface area contributed by atoms with Crippen LogP contribution < -0.4 is 5.32 Å². The van der Waals surface area contributed by atoms with Crippen molar-refractivity contribution < 1.29 is 24.6 Å². The number of aryl methyl sites for hydroxylation is 1. The molecular formula is C21H22N4O5. The third kappa shape index (κ3) is 3.17. The van der Waals surface area contributed by atoms with Gasteiger partial charge in [-0.3, -0.25) is 9.59 Å². The Morgan fingerprint density at radius 2 is 2.00 bits per heavy atom. The number of hydrogen-bond acceptors (Lipinski definition) is 5. The molecule has 1 aromatic heterocycles. The molecule has 3 N–H and O–H groups in total. The molecule has 2 aromatic rings. The molecule has 0 unspecified atom stereocenters. The predicted molar refractivity (Wildman–Crippen MR) is 106 cm³/mol. The fourth-order valence-corrected chi connectivity index (χ4v) is 4.20. The molecule has 0 radical (unpaired) electrons. The lowest BCUT2D eigenvalue weighted by Gasteiger charge is -2.44. The Balaban J connectivity index is 1.50. The van der Waals surface area contributed by atoms with Gasteiger partial charge in [0.05, 0.1) is 18.1 Å². The number of carbonyl (C=O) groups excluding carboxylic acids is 2. The van der Waals surface area contributed by atoms with Gasteiger partial charge in [0, 0.05) is 26.0 Å². The number of aliphatic hydroxyl groups is 1. The van der Waals surface area contributed by atoms with Gasteiger partial charge in [-0.2, -0.15) is 0 Å². The molecule has 9 heteroatoms. The maximum absolute atomic E-state index is 12.3. The van der Waals surface area contributed by atoms with Gasteiger partial charge in [0.1, 0.15) is 5.70 Å². The molecule has 1 aromatic carbocycles. The van der Waals surface area contributed by atoms with Crippen LogP contribution in [0.2, 0.25) is 0 Å². The summed E-state index contributed by atoms with van der Waals surface area (Å²) in [7, 11) is 1.74. The van der Waals surface area contributed by atoms with Gasteiger partial charge in [-0.05, 0) is 30.0 Å². The van der Waals surface area contributed by atoms with Crippen molar-refractivity contribution in [3.05, 3.63) is 59.3 Å². The van der Waals surface area contributed by atoms with Gasteiger partial charge in [0.25, 0.3) is 5.91 Å². The van der Waals surface area contributed by atoms with Crippen LogP contribution in [0, 0.1) is 5.92 Å². The number of carboxylic acid groups (broad SMARTS) is 1. The lowest BCUT2D eigenvalue weighted by Crippen LogP contribution is -2.61. The van der Waals surface area contributed by atoms with Gasteiger partial charge < -0.3 is 25.0 Å². The van der Waals surface area contributed by atoms with Crippen molar-refractivity contribution >= 4 is 23.4 Å². The first-order valence-electron chi connectivity index (χ1n) is 9.62. The van der Waals surface area contributed by atoms with Gasteiger partial charge in [-0.15, -0.1) is 0 Å². The average molecular weight is 410 g/mol. The normalized spacial score (nSPS) is 21.3. The zero-order valence-corrected chi connectivity index (χ0v) is 16.6. The van der Waals surface area contributed by atoms with Crippen LogP contribution in [0.3, 0.4) is 0 Å². The number of carbonyl (C=O) groups is 3. The number of aliphatic carboxylic acids is 1. The van der Waals surface area contributed by atoms with E-state index in [1.807, 2.05) is 12.1 Å². The number of amides is 2. The number of β-lactam (4-membered cyclic amide) rings is 1. The molecule has 3 heterocycles. The van der Waals surface area contributed by atoms with E-state index in [9.17, 15) is 24.6 Å². The fraction of sp³-hybridized carbons (Fsp3) is 0.333. The number of fused-ring (bicyclic) bond motifs is 1. The SMILES string of the molecule is C[C@@H](O)[C@H]1C(=O)N2C(C(=O)O)=C(c3ccc(CNC(=O)c4nccn4C)cc3)C[C@H]12. The molecule has 1 fully saturated rings. The summed E-state index contributed by atoms with van der Waals surface area (Å²) in [6.45, 7) is 1.85. The molecule has 1 saturated heterocycles. The van der Waals surface area contributed by atoms with Crippen molar-refractivity contribution in [2.75, 3.05) is 0 Å². The van der Waals surface area contributed by atoms with Gasteiger partial charge in [0.2, 0.25) is 5.91 Å². The molecule has 3 atom stereocenters. The minimum Gasteiger partial charge on any atom is -0.477 e. The van der Waals surface area contributed by atoms with Crippen molar-refractivity contribution in [1.82, 2.24) is 19.8 Å². The van der Waals surface area contributed by atoms with Crippen LogP contribution in [0.5, 0.6) is 0 Å². The van der Waals surface area contributed by atoms with Crippen molar-refractivity contribution in [3.8, 4) is 0 Å². The second kappa shape index (κ2) is 7.42. The van der Waals surface area contributed by atoms with Crippen LogP contribution in [0.15, 0.2) is 42.4 Å². The summed E-state index contributed by atoms with van der Waals surface area (Å²) in [5.74, 6) is -2.05. The van der Waals surface area contributed by atoms with Crippen molar-refractivity contribution in [1.29, 1.82) is 0 Å². The molecule has 2 aliphatic rings. The zero-order chi connectivity index (χ0) is 21.6. The summed E-state index contributed by atoms with van der Waals surface area (Å²) in [5, 5.41) is 22.3. The second-order valence-electron chi connectivity index (χ2n) is 7.62. The monoisotopic (exact) mass is 410 g/mol. The number of aliphatic hydroxyl groups excluding tert-OH is 1. The van der Waals surface area contributed by atoms with Crippen molar-refractivity contribution in [2.24, 2.45) is 13.0 Å². The largest absolute Gasteiger partial charge is 0.477 e. The highest BCUT2D eigenvalue weighted by Crippen LogP contribution is 2.46. The Morgan fingerprint density at radius 3 is 2.57 bits per heavy atom. The smallest absolute Gasteiger partial charge is 0.352 e. The van der Waals surface area contributed by atoms with E-state index >= 15 is 0 Å². The van der Waals surface area contributed by atoms with Crippen LogP contribution in [-0.4, -0.2) is 54.6 Å². The Hall–Kier alpha value is -3.46. The first-order chi connectivity index (χ1) is 14.3. The second-order valence-corrected chi connectivity index (χ2v) is 7.62. The van der Waals surface area contributed by atoms with E-state index in [2.05, 4.69) is 10.3 Å². The number of benzene rings is 1. The van der Waals surface area contributed by atoms with Crippen molar-refractivity contribution in [3.63, 3.8) is 0 Å². The third-order valence-electron chi connectivity index (χ3n) is 5.71. The summed E-state index contributed by atoms with van der Waals surface area (Å²) in [5.41, 5.74) is 2.11. The molecule has 2 aliphatic heterocycles. The maximum Gasteiger partial charge on any atom is 0.352 e. The summed E-state index contributed by atoms with van der Waals surface area (Å²) in [6.07, 6.45) is 2.81. The molecular weight excluding hydrogens is 388 g/mol. The minimum atomic E-state index is -1.16. The number of imidazole rings is 1. The highest BCUT2D eigenvalue weighted by atomic mass is 16.4. The fourth-order valence-electron chi connectivity index (χ4n) is 4.20. The molecule has 0 spiro atoms. The van der Waals surface area contributed by atoms with E-state index in [-0.39, 0.29) is 23.6 Å². The van der Waals surface area contributed by atoms with Gasteiger partial charge in [-0.1, -0.05) is 24.3 Å². The molecule has 0 bridgehead atoms. The lowest BCUT2D eigenvalue weighted by molar-refractivity contribution is -0.161. The lowest BCUT2D eigenvalue weighted by atomic mass is 9.82. The summed E-state index contributed by atoms with van der Waals surface area (Å²) in [4.78, 5) is 41.6. The van der Waals surface area contributed by atoms with Gasteiger partial charge in [0.15, 0.2) is 5.82 Å². The summed E-state index contributed by atoms with van der Waals surface area (Å²) in [6, 6.07) is 6.87. The van der Waals surface area contributed by atoms with E-state index < -0.39 is 18.0 Å². The quantitative estimate of drug-likeness (QED) is 0.604. The van der Waals surface area contributed by atoms with Crippen LogP contribution >= 0.6 is 0 Å². The topological polar surface area (TPSA) is 125 Å². The molecule has 0 aliphatic carbocycles. The number of nitrogens with one attached hydrogen (secondary N) is 1. The molecule has 30 heavy (non-hydrogen) atoms. The van der Waals surface area contributed by atoms with E-state index in [0.717, 1.165) is 5.56 Å². The number of rotatable bonds is 6. The Labute approximate surface area is 172 Å². The van der Waals surface area contributed by atoms with Crippen LogP contribution in [0.1, 0.15) is 35.1 Å². The standard InChI is InChI=1S/C21H22N4O5/c1-11(26)16-15-9-14(17(21(29)30)25(15)20(16)28)13-5-3-12(4-6-13)10-23-19(27)18-22-7-8-24(18)2/h3-8,11,15-16,26H,9-10H2,1-2H3,(H,23,27)(H,29,30)/t11-,15-,16-/m1/s1. The molecule has 2 amide bonds. The van der Waals surface area contributed by atoms with E-state index in [0.29, 0.717) is 29.9 Å². The number of hydrogen-bond donors (Lipinski definition) is 3. The van der Waals surface area contributed by atoms with E-state index in [1.54, 1.807) is 43.1 Å². The molecule has 4 rings (SSSR count). The van der Waals surface area contributed by atoms with Crippen LogP contribution in [-0.2, 0) is 23.2 Å². The summed E-state index contributed by atoms with van der Waals surface area (Å²) < 4.78 is 1.63.